The van der Waals surface area contributed by atoms with Crippen LogP contribution in [0.1, 0.15) is 42.0 Å². The molecule has 1 aliphatic rings. The molecule has 0 aromatic carbocycles. The normalized spacial score (nSPS) is 21.2. The monoisotopic (exact) mass is 372 g/mol. The second kappa shape index (κ2) is 6.67. The molecular weight excluding hydrogens is 353 g/mol. The lowest BCUT2D eigenvalue weighted by Gasteiger charge is -2.37. The number of hydrogen-bond acceptors (Lipinski definition) is 6. The highest BCUT2D eigenvalue weighted by atomic mass is 19.4. The molecule has 12 heteroatoms. The highest BCUT2D eigenvalue weighted by Gasteiger charge is 2.36. The fraction of sp³-hybridized carbons (Fsp3) is 0.643. The number of carbonyl (C=O) groups is 1. The first-order valence-electron chi connectivity index (χ1n) is 8.15. The van der Waals surface area contributed by atoms with E-state index in [1.54, 1.807) is 4.90 Å². The van der Waals surface area contributed by atoms with Crippen molar-refractivity contribution in [3.63, 3.8) is 0 Å². The number of likely N-dealkylation sites (tertiary alicyclic amines) is 1. The van der Waals surface area contributed by atoms with Gasteiger partial charge in [0.25, 0.3) is 11.9 Å². The number of nitrogens with two attached hydrogens (primary N) is 1. The number of nitrogens with zero attached hydrogens (tertiary/aromatic N) is 6. The summed E-state index contributed by atoms with van der Waals surface area (Å²) in [5, 5.41) is 9.31. The van der Waals surface area contributed by atoms with Crippen LogP contribution in [0.2, 0.25) is 0 Å². The number of aromatic nitrogens is 6. The van der Waals surface area contributed by atoms with Crippen LogP contribution in [-0.2, 0) is 6.18 Å². The summed E-state index contributed by atoms with van der Waals surface area (Å²) >= 11 is 0. The van der Waals surface area contributed by atoms with Crippen molar-refractivity contribution in [2.24, 2.45) is 11.7 Å². The van der Waals surface area contributed by atoms with Gasteiger partial charge in [0.2, 0.25) is 11.6 Å². The van der Waals surface area contributed by atoms with Gasteiger partial charge in [0.15, 0.2) is 0 Å². The summed E-state index contributed by atoms with van der Waals surface area (Å²) in [4.78, 5) is 21.8. The number of amides is 1. The second-order valence-corrected chi connectivity index (χ2v) is 6.39. The van der Waals surface area contributed by atoms with E-state index in [9.17, 15) is 18.0 Å². The number of H-pyrrole nitrogens is 1. The van der Waals surface area contributed by atoms with E-state index in [1.165, 1.54) is 6.92 Å². The third-order valence-electron chi connectivity index (χ3n) is 4.40. The molecule has 142 valence electrons. The predicted octanol–water partition coefficient (Wildman–Crippen LogP) is 0.912. The molecule has 0 radical (unpaired) electrons. The zero-order valence-electron chi connectivity index (χ0n) is 14.3. The molecule has 1 saturated heterocycles. The molecule has 1 aliphatic heterocycles. The fourth-order valence-corrected chi connectivity index (χ4v) is 3.02. The van der Waals surface area contributed by atoms with E-state index in [4.69, 9.17) is 5.73 Å². The van der Waals surface area contributed by atoms with Crippen molar-refractivity contribution in [2.45, 2.75) is 38.9 Å². The Bertz CT molecular complexity index is 798. The zero-order valence-corrected chi connectivity index (χ0v) is 14.3. The fourth-order valence-electron chi connectivity index (χ4n) is 3.02. The summed E-state index contributed by atoms with van der Waals surface area (Å²) in [6.45, 7) is 4.47. The van der Waals surface area contributed by atoms with Crippen molar-refractivity contribution in [1.29, 1.82) is 0 Å². The number of aromatic amines is 1. The topological polar surface area (TPSA) is 119 Å². The summed E-state index contributed by atoms with van der Waals surface area (Å²) in [7, 11) is 0. The van der Waals surface area contributed by atoms with E-state index in [1.807, 2.05) is 5.10 Å². The third-order valence-corrected chi connectivity index (χ3v) is 4.40. The summed E-state index contributed by atoms with van der Waals surface area (Å²) in [6, 6.07) is -0.112. The molecule has 0 saturated carbocycles. The Morgan fingerprint density at radius 3 is 2.73 bits per heavy atom. The van der Waals surface area contributed by atoms with Crippen molar-refractivity contribution in [3.8, 4) is 5.95 Å². The van der Waals surface area contributed by atoms with Crippen LogP contribution >= 0.6 is 0 Å². The number of carbonyl (C=O) groups excluding carboxylic acids is 1. The van der Waals surface area contributed by atoms with Gasteiger partial charge >= 0.3 is 6.18 Å². The van der Waals surface area contributed by atoms with Gasteiger partial charge < -0.3 is 10.6 Å². The summed E-state index contributed by atoms with van der Waals surface area (Å²) in [6.07, 6.45) is -3.02. The van der Waals surface area contributed by atoms with Gasteiger partial charge in [-0.15, -0.1) is 10.2 Å². The number of rotatable bonds is 3. The molecule has 3 heterocycles. The van der Waals surface area contributed by atoms with Gasteiger partial charge in [-0.3, -0.25) is 9.89 Å². The number of halogens is 3. The van der Waals surface area contributed by atoms with Gasteiger partial charge in [-0.25, -0.2) is 4.98 Å². The maximum atomic E-state index is 12.7. The third kappa shape index (κ3) is 3.41. The lowest BCUT2D eigenvalue weighted by atomic mass is 9.92. The van der Waals surface area contributed by atoms with Crippen LogP contribution in [-0.4, -0.2) is 59.9 Å². The maximum Gasteiger partial charge on any atom is 0.451 e. The molecule has 3 rings (SSSR count). The molecule has 2 unspecified atom stereocenters. The quantitative estimate of drug-likeness (QED) is 0.827. The van der Waals surface area contributed by atoms with E-state index >= 15 is 0 Å². The van der Waals surface area contributed by atoms with E-state index in [0.29, 0.717) is 19.0 Å². The summed E-state index contributed by atoms with van der Waals surface area (Å²) < 4.78 is 39.0. The first kappa shape index (κ1) is 18.3. The minimum Gasteiger partial charge on any atom is -0.332 e. The molecule has 2 aromatic heterocycles. The number of alkyl halides is 3. The van der Waals surface area contributed by atoms with Crippen molar-refractivity contribution in [2.75, 3.05) is 13.1 Å². The largest absolute Gasteiger partial charge is 0.451 e. The SMILES string of the molecule is Cc1nc(C(=O)N2CCC(C)CC2CN)nn1-c1n[nH]c(C(F)(F)F)n1. The Balaban J connectivity index is 1.86. The molecule has 26 heavy (non-hydrogen) atoms. The molecule has 0 aliphatic carbocycles. The van der Waals surface area contributed by atoms with Crippen LogP contribution in [0.15, 0.2) is 0 Å². The standard InChI is InChI=1S/C14H19F3N8O/c1-7-3-4-24(9(5-7)6-18)11(26)10-19-8(2)25(23-10)13-20-12(21-22-13)14(15,16)17/h7,9H,3-6,18H2,1-2H3,(H,20,21,22). The number of hydrogen-bond donors (Lipinski definition) is 2. The van der Waals surface area contributed by atoms with Gasteiger partial charge in [-0.1, -0.05) is 6.92 Å². The summed E-state index contributed by atoms with van der Waals surface area (Å²) in [5.74, 6) is -1.42. The van der Waals surface area contributed by atoms with Crippen LogP contribution in [0, 0.1) is 12.8 Å². The average Bonchev–Trinajstić information content (AvgIpc) is 3.20. The highest BCUT2D eigenvalue weighted by Crippen LogP contribution is 2.26. The molecule has 1 amide bonds. The van der Waals surface area contributed by atoms with Crippen LogP contribution in [0.3, 0.4) is 0 Å². The van der Waals surface area contributed by atoms with E-state index in [2.05, 4.69) is 27.1 Å². The van der Waals surface area contributed by atoms with Crippen molar-refractivity contribution in [1.82, 2.24) is 34.8 Å². The van der Waals surface area contributed by atoms with Gasteiger partial charge in [0.1, 0.15) is 5.82 Å². The Kier molecular flexibility index (Phi) is 4.69. The van der Waals surface area contributed by atoms with E-state index < -0.39 is 17.9 Å². The van der Waals surface area contributed by atoms with E-state index in [0.717, 1.165) is 17.5 Å². The Hall–Kier alpha value is -2.50. The molecule has 0 spiro atoms. The minimum atomic E-state index is -4.66. The maximum absolute atomic E-state index is 12.7. The molecule has 9 nitrogen and oxygen atoms in total. The van der Waals surface area contributed by atoms with Gasteiger partial charge in [-0.2, -0.15) is 22.8 Å². The van der Waals surface area contributed by atoms with Crippen molar-refractivity contribution >= 4 is 5.91 Å². The van der Waals surface area contributed by atoms with Gasteiger partial charge in [-0.05, 0) is 25.7 Å². The first-order chi connectivity index (χ1) is 12.2. The van der Waals surface area contributed by atoms with Gasteiger partial charge in [0.05, 0.1) is 0 Å². The molecule has 3 N–H and O–H groups in total. The average molecular weight is 372 g/mol. The lowest BCUT2D eigenvalue weighted by Crippen LogP contribution is -2.49. The summed E-state index contributed by atoms with van der Waals surface area (Å²) in [5.41, 5.74) is 5.77. The smallest absolute Gasteiger partial charge is 0.332 e. The molecule has 1 fully saturated rings. The number of nitrogens with one attached hydrogen (secondary N) is 1. The number of aryl methyl sites for hydroxylation is 1. The van der Waals surface area contributed by atoms with Gasteiger partial charge in [0, 0.05) is 19.1 Å². The Morgan fingerprint density at radius 2 is 2.12 bits per heavy atom. The van der Waals surface area contributed by atoms with Crippen LogP contribution in [0.25, 0.3) is 5.95 Å². The molecule has 2 aromatic rings. The minimum absolute atomic E-state index is 0.112. The lowest BCUT2D eigenvalue weighted by molar-refractivity contribution is -0.144. The Labute approximate surface area is 146 Å². The predicted molar refractivity (Wildman–Crippen MR) is 83.3 cm³/mol. The molecule has 2 atom stereocenters. The second-order valence-electron chi connectivity index (χ2n) is 6.39. The molecule has 0 bridgehead atoms. The van der Waals surface area contributed by atoms with E-state index in [-0.39, 0.29) is 23.6 Å². The van der Waals surface area contributed by atoms with Crippen molar-refractivity contribution in [3.05, 3.63) is 17.5 Å². The van der Waals surface area contributed by atoms with Crippen LogP contribution in [0.4, 0.5) is 13.2 Å². The van der Waals surface area contributed by atoms with Crippen molar-refractivity contribution < 1.29 is 18.0 Å². The highest BCUT2D eigenvalue weighted by molar-refractivity contribution is 5.90. The number of piperidine rings is 1. The molecular formula is C14H19F3N8O. The first-order valence-corrected chi connectivity index (χ1v) is 8.15. The zero-order chi connectivity index (χ0) is 19.1. The van der Waals surface area contributed by atoms with Crippen LogP contribution < -0.4 is 5.73 Å². The van der Waals surface area contributed by atoms with Crippen LogP contribution in [0.5, 0.6) is 0 Å². The Morgan fingerprint density at radius 1 is 1.38 bits per heavy atom.